The minimum absolute atomic E-state index is 0.598. The first-order chi connectivity index (χ1) is 8.72. The van der Waals surface area contributed by atoms with Crippen molar-refractivity contribution < 1.29 is 4.74 Å². The van der Waals surface area contributed by atoms with Crippen LogP contribution in [-0.4, -0.2) is 26.2 Å². The lowest BCUT2D eigenvalue weighted by Gasteiger charge is -2.13. The van der Waals surface area contributed by atoms with E-state index >= 15 is 0 Å². The lowest BCUT2D eigenvalue weighted by molar-refractivity contribution is 0.409. The summed E-state index contributed by atoms with van der Waals surface area (Å²) in [6, 6.07) is 6.58. The number of aliphatic imine (C=N–C) groups is 1. The summed E-state index contributed by atoms with van der Waals surface area (Å²) in [5.74, 6) is 1.73. The van der Waals surface area contributed by atoms with Crippen molar-refractivity contribution in [1.82, 2.24) is 10.6 Å². The van der Waals surface area contributed by atoms with E-state index in [1.54, 1.807) is 14.2 Å². The topological polar surface area (TPSA) is 45.7 Å². The highest BCUT2D eigenvalue weighted by Gasteiger charge is 2.22. The molecule has 0 aromatic heterocycles. The average Bonchev–Trinajstić information content (AvgIpc) is 3.18. The molecule has 4 nitrogen and oxygen atoms in total. The molecular formula is C13H18BrN3O. The molecule has 1 aromatic rings. The molecule has 18 heavy (non-hydrogen) atoms. The second-order valence-corrected chi connectivity index (χ2v) is 5.22. The van der Waals surface area contributed by atoms with Crippen LogP contribution in [0.4, 0.5) is 0 Å². The van der Waals surface area contributed by atoms with E-state index in [4.69, 9.17) is 4.74 Å². The fourth-order valence-electron chi connectivity index (χ4n) is 1.68. The number of rotatable bonds is 4. The fraction of sp³-hybridized carbons (Fsp3) is 0.462. The van der Waals surface area contributed by atoms with Gasteiger partial charge in [-0.05, 0) is 31.0 Å². The molecule has 0 saturated heterocycles. The zero-order chi connectivity index (χ0) is 13.0. The highest BCUT2D eigenvalue weighted by Crippen LogP contribution is 2.23. The molecule has 0 heterocycles. The molecule has 0 bridgehead atoms. The van der Waals surface area contributed by atoms with E-state index in [0.717, 1.165) is 21.7 Å². The standard InChI is InChI=1S/C13H18BrN3O/c1-15-13(17-11-4-5-11)16-8-9-7-10(14)3-6-12(9)18-2/h3,6-7,11H,4-5,8H2,1-2H3,(H2,15,16,17). The molecule has 1 aliphatic carbocycles. The maximum atomic E-state index is 5.34. The van der Waals surface area contributed by atoms with Crippen LogP contribution >= 0.6 is 15.9 Å². The van der Waals surface area contributed by atoms with Crippen LogP contribution in [0.2, 0.25) is 0 Å². The summed E-state index contributed by atoms with van der Waals surface area (Å²) in [5.41, 5.74) is 1.10. The highest BCUT2D eigenvalue weighted by molar-refractivity contribution is 9.10. The van der Waals surface area contributed by atoms with Crippen LogP contribution in [-0.2, 0) is 6.54 Å². The van der Waals surface area contributed by atoms with Gasteiger partial charge < -0.3 is 15.4 Å². The predicted molar refractivity (Wildman–Crippen MR) is 77.1 cm³/mol. The third-order valence-corrected chi connectivity index (χ3v) is 3.32. The first-order valence-corrected chi connectivity index (χ1v) is 6.82. The lowest BCUT2D eigenvalue weighted by atomic mass is 10.2. The minimum atomic E-state index is 0.598. The Labute approximate surface area is 116 Å². The number of ether oxygens (including phenoxy) is 1. The maximum Gasteiger partial charge on any atom is 0.191 e. The summed E-state index contributed by atoms with van der Waals surface area (Å²) >= 11 is 3.47. The Morgan fingerprint density at radius 3 is 2.89 bits per heavy atom. The van der Waals surface area contributed by atoms with Crippen molar-refractivity contribution in [2.45, 2.75) is 25.4 Å². The first kappa shape index (κ1) is 13.2. The van der Waals surface area contributed by atoms with E-state index in [9.17, 15) is 0 Å². The Bertz CT molecular complexity index is 444. The molecule has 0 atom stereocenters. The smallest absolute Gasteiger partial charge is 0.191 e. The van der Waals surface area contributed by atoms with Crippen molar-refractivity contribution in [3.05, 3.63) is 28.2 Å². The zero-order valence-electron chi connectivity index (χ0n) is 10.7. The SMILES string of the molecule is CN=C(NCc1cc(Br)ccc1OC)NC1CC1. The van der Waals surface area contributed by atoms with Crippen LogP contribution < -0.4 is 15.4 Å². The van der Waals surface area contributed by atoms with Gasteiger partial charge in [-0.25, -0.2) is 0 Å². The summed E-state index contributed by atoms with van der Waals surface area (Å²) in [5, 5.41) is 6.65. The lowest BCUT2D eigenvalue weighted by Crippen LogP contribution is -2.38. The molecule has 0 amide bonds. The molecular weight excluding hydrogens is 294 g/mol. The molecule has 1 saturated carbocycles. The predicted octanol–water partition coefficient (Wildman–Crippen LogP) is 2.29. The molecule has 5 heteroatoms. The summed E-state index contributed by atoms with van der Waals surface area (Å²) in [4.78, 5) is 4.20. The normalized spacial score (nSPS) is 15.4. The zero-order valence-corrected chi connectivity index (χ0v) is 12.3. The molecule has 1 fully saturated rings. The number of guanidine groups is 1. The Morgan fingerprint density at radius 1 is 1.50 bits per heavy atom. The van der Waals surface area contributed by atoms with E-state index in [1.165, 1.54) is 12.8 Å². The Morgan fingerprint density at radius 2 is 2.28 bits per heavy atom. The number of hydrogen-bond donors (Lipinski definition) is 2. The van der Waals surface area contributed by atoms with Crippen molar-refractivity contribution in [2.75, 3.05) is 14.2 Å². The number of methoxy groups -OCH3 is 1. The van der Waals surface area contributed by atoms with Gasteiger partial charge in [-0.1, -0.05) is 15.9 Å². The van der Waals surface area contributed by atoms with Crippen molar-refractivity contribution in [3.8, 4) is 5.75 Å². The van der Waals surface area contributed by atoms with Crippen molar-refractivity contribution in [2.24, 2.45) is 4.99 Å². The van der Waals surface area contributed by atoms with Crippen molar-refractivity contribution in [3.63, 3.8) is 0 Å². The van der Waals surface area contributed by atoms with E-state index in [1.807, 2.05) is 12.1 Å². The number of benzene rings is 1. The van der Waals surface area contributed by atoms with Gasteiger partial charge in [-0.15, -0.1) is 0 Å². The van der Waals surface area contributed by atoms with E-state index < -0.39 is 0 Å². The second-order valence-electron chi connectivity index (χ2n) is 4.30. The third kappa shape index (κ3) is 3.63. The van der Waals surface area contributed by atoms with Gasteiger partial charge in [-0.2, -0.15) is 0 Å². The summed E-state index contributed by atoms with van der Waals surface area (Å²) in [7, 11) is 3.47. The summed E-state index contributed by atoms with van der Waals surface area (Å²) in [6.45, 7) is 0.689. The van der Waals surface area contributed by atoms with Crippen LogP contribution in [0.1, 0.15) is 18.4 Å². The van der Waals surface area contributed by atoms with E-state index in [-0.39, 0.29) is 0 Å². The monoisotopic (exact) mass is 311 g/mol. The first-order valence-electron chi connectivity index (χ1n) is 6.02. The molecule has 0 aliphatic heterocycles. The van der Waals surface area contributed by atoms with Crippen LogP contribution in [0.15, 0.2) is 27.7 Å². The maximum absolute atomic E-state index is 5.34. The van der Waals surface area contributed by atoms with Gasteiger partial charge >= 0.3 is 0 Å². The second kappa shape index (κ2) is 6.09. The molecule has 2 N–H and O–H groups in total. The van der Waals surface area contributed by atoms with Gasteiger partial charge in [0.1, 0.15) is 5.75 Å². The molecule has 98 valence electrons. The largest absolute Gasteiger partial charge is 0.496 e. The Hall–Kier alpha value is -1.23. The number of nitrogens with zero attached hydrogens (tertiary/aromatic N) is 1. The van der Waals surface area contributed by atoms with Crippen LogP contribution in [0.3, 0.4) is 0 Å². The van der Waals surface area contributed by atoms with Gasteiger partial charge in [0.05, 0.1) is 7.11 Å². The van der Waals surface area contributed by atoms with Gasteiger partial charge in [0.15, 0.2) is 5.96 Å². The number of hydrogen-bond acceptors (Lipinski definition) is 2. The molecule has 0 spiro atoms. The quantitative estimate of drug-likeness (QED) is 0.662. The van der Waals surface area contributed by atoms with Gasteiger partial charge in [0.25, 0.3) is 0 Å². The number of halogens is 1. The highest BCUT2D eigenvalue weighted by atomic mass is 79.9. The van der Waals surface area contributed by atoms with Crippen molar-refractivity contribution in [1.29, 1.82) is 0 Å². The van der Waals surface area contributed by atoms with E-state index in [2.05, 4.69) is 37.6 Å². The summed E-state index contributed by atoms with van der Waals surface area (Å²) in [6.07, 6.45) is 2.47. The molecule has 2 rings (SSSR count). The Balaban J connectivity index is 1.97. The molecule has 1 aliphatic rings. The molecule has 0 radical (unpaired) electrons. The van der Waals surface area contributed by atoms with Gasteiger partial charge in [0, 0.05) is 29.7 Å². The molecule has 0 unspecified atom stereocenters. The summed E-state index contributed by atoms with van der Waals surface area (Å²) < 4.78 is 6.39. The Kier molecular flexibility index (Phi) is 4.47. The van der Waals surface area contributed by atoms with Crippen molar-refractivity contribution >= 4 is 21.9 Å². The van der Waals surface area contributed by atoms with Crippen LogP contribution in [0.25, 0.3) is 0 Å². The minimum Gasteiger partial charge on any atom is -0.496 e. The number of nitrogens with one attached hydrogen (secondary N) is 2. The fourth-order valence-corrected chi connectivity index (χ4v) is 2.09. The average molecular weight is 312 g/mol. The van der Waals surface area contributed by atoms with Gasteiger partial charge in [-0.3, -0.25) is 4.99 Å². The van der Waals surface area contributed by atoms with Crippen LogP contribution in [0.5, 0.6) is 5.75 Å². The van der Waals surface area contributed by atoms with Crippen LogP contribution in [0, 0.1) is 0 Å². The van der Waals surface area contributed by atoms with Gasteiger partial charge in [0.2, 0.25) is 0 Å². The van der Waals surface area contributed by atoms with E-state index in [0.29, 0.717) is 12.6 Å². The molecule has 1 aromatic carbocycles. The third-order valence-electron chi connectivity index (χ3n) is 2.83.